The largest absolute Gasteiger partial charge is 0.618 e. The zero-order valence-electron chi connectivity index (χ0n) is 13.4. The van der Waals surface area contributed by atoms with Crippen LogP contribution in [0.4, 0.5) is 0 Å². The summed E-state index contributed by atoms with van der Waals surface area (Å²) in [4.78, 5) is 11.9. The van der Waals surface area contributed by atoms with Crippen molar-refractivity contribution < 1.29 is 14.3 Å². The van der Waals surface area contributed by atoms with Crippen molar-refractivity contribution in [1.29, 1.82) is 0 Å². The summed E-state index contributed by atoms with van der Waals surface area (Å²) in [5.41, 5.74) is 2.67. The lowest BCUT2D eigenvalue weighted by molar-refractivity contribution is -0.593. The molecule has 0 aliphatic rings. The zero-order chi connectivity index (χ0) is 16.9. The van der Waals surface area contributed by atoms with Gasteiger partial charge in [-0.15, -0.1) is 0 Å². The second-order valence-corrected chi connectivity index (χ2v) is 5.35. The molecule has 5 heteroatoms. The molecule has 2 aromatic heterocycles. The molecule has 0 amide bonds. The van der Waals surface area contributed by atoms with Gasteiger partial charge in [0.2, 0.25) is 5.69 Å². The van der Waals surface area contributed by atoms with E-state index < -0.39 is 5.97 Å². The van der Waals surface area contributed by atoms with Crippen LogP contribution >= 0.6 is 0 Å². The Kier molecular flexibility index (Phi) is 4.61. The van der Waals surface area contributed by atoms with Crippen LogP contribution in [-0.4, -0.2) is 17.1 Å². The third-order valence-electron chi connectivity index (χ3n) is 3.72. The zero-order valence-corrected chi connectivity index (χ0v) is 13.4. The van der Waals surface area contributed by atoms with Gasteiger partial charge in [0.25, 0.3) is 0 Å². The lowest BCUT2D eigenvalue weighted by Gasteiger charge is -2.11. The Morgan fingerprint density at radius 1 is 1.17 bits per heavy atom. The highest BCUT2D eigenvalue weighted by Gasteiger charge is 2.17. The summed E-state index contributed by atoms with van der Waals surface area (Å²) in [6.45, 7) is 2.69. The number of pyridine rings is 1. The normalized spacial score (nSPS) is 10.5. The number of rotatable bonds is 5. The fourth-order valence-electron chi connectivity index (χ4n) is 2.58. The molecule has 0 aliphatic carbocycles. The Bertz CT molecular complexity index is 841. The topological polar surface area (TPSA) is 58.2 Å². The summed E-state index contributed by atoms with van der Waals surface area (Å²) >= 11 is 0. The van der Waals surface area contributed by atoms with E-state index in [9.17, 15) is 10.0 Å². The van der Waals surface area contributed by atoms with E-state index in [2.05, 4.69) is 0 Å². The van der Waals surface area contributed by atoms with Gasteiger partial charge in [-0.3, -0.25) is 0 Å². The van der Waals surface area contributed by atoms with Gasteiger partial charge in [0.1, 0.15) is 5.69 Å². The van der Waals surface area contributed by atoms with Gasteiger partial charge in [-0.2, -0.15) is 4.73 Å². The fraction of sp³-hybridized carbons (Fsp3) is 0.158. The maximum Gasteiger partial charge on any atom is 0.338 e. The van der Waals surface area contributed by atoms with Crippen LogP contribution < -0.4 is 4.73 Å². The fourth-order valence-corrected chi connectivity index (χ4v) is 2.58. The van der Waals surface area contributed by atoms with E-state index in [1.165, 1.54) is 12.3 Å². The molecule has 0 saturated heterocycles. The Morgan fingerprint density at radius 3 is 2.71 bits per heavy atom. The van der Waals surface area contributed by atoms with Crippen molar-refractivity contribution in [1.82, 2.24) is 4.57 Å². The van der Waals surface area contributed by atoms with Crippen LogP contribution in [0.5, 0.6) is 0 Å². The molecule has 0 atom stereocenters. The van der Waals surface area contributed by atoms with Gasteiger partial charge in [-0.25, -0.2) is 4.79 Å². The van der Waals surface area contributed by atoms with Crippen molar-refractivity contribution in [2.24, 2.45) is 0 Å². The van der Waals surface area contributed by atoms with E-state index >= 15 is 0 Å². The van der Waals surface area contributed by atoms with E-state index in [0.29, 0.717) is 24.4 Å². The Labute approximate surface area is 140 Å². The van der Waals surface area contributed by atoms with E-state index in [0.717, 1.165) is 16.0 Å². The first kappa shape index (κ1) is 15.8. The first-order valence-electron chi connectivity index (χ1n) is 7.79. The van der Waals surface area contributed by atoms with Crippen LogP contribution in [0.1, 0.15) is 22.8 Å². The number of esters is 1. The second-order valence-electron chi connectivity index (χ2n) is 5.35. The Morgan fingerprint density at radius 2 is 1.96 bits per heavy atom. The van der Waals surface area contributed by atoms with Crippen molar-refractivity contribution >= 4 is 5.97 Å². The van der Waals surface area contributed by atoms with E-state index in [-0.39, 0.29) is 0 Å². The molecule has 0 radical (unpaired) electrons. The van der Waals surface area contributed by atoms with Crippen LogP contribution in [-0.2, 0) is 11.3 Å². The van der Waals surface area contributed by atoms with Crippen molar-refractivity contribution in [3.63, 3.8) is 0 Å². The maximum atomic E-state index is 12.2. The predicted molar refractivity (Wildman–Crippen MR) is 90.3 cm³/mol. The number of carbonyl (C=O) groups excluding carboxylic acids is 1. The molecule has 0 aliphatic heterocycles. The minimum absolute atomic E-state index is 0.296. The lowest BCUT2D eigenvalue weighted by Crippen LogP contribution is -2.30. The molecule has 0 N–H and O–H groups in total. The Balaban J connectivity index is 1.96. The average molecular weight is 322 g/mol. The van der Waals surface area contributed by atoms with Crippen molar-refractivity contribution in [2.75, 3.05) is 6.61 Å². The lowest BCUT2D eigenvalue weighted by atomic mass is 10.2. The number of aromatic nitrogens is 2. The van der Waals surface area contributed by atoms with E-state index in [4.69, 9.17) is 4.74 Å². The summed E-state index contributed by atoms with van der Waals surface area (Å²) in [6, 6.07) is 16.8. The van der Waals surface area contributed by atoms with Crippen molar-refractivity contribution in [3.05, 3.63) is 83.3 Å². The van der Waals surface area contributed by atoms with Crippen LogP contribution in [0.2, 0.25) is 0 Å². The molecule has 0 unspecified atom stereocenters. The van der Waals surface area contributed by atoms with Gasteiger partial charge in [0.15, 0.2) is 6.20 Å². The van der Waals surface area contributed by atoms with Gasteiger partial charge in [-0.1, -0.05) is 30.3 Å². The van der Waals surface area contributed by atoms with Crippen LogP contribution in [0, 0.1) is 5.21 Å². The van der Waals surface area contributed by atoms with E-state index in [1.54, 1.807) is 13.0 Å². The summed E-state index contributed by atoms with van der Waals surface area (Å²) in [7, 11) is 0. The minimum atomic E-state index is -0.430. The molecule has 5 nitrogen and oxygen atoms in total. The van der Waals surface area contributed by atoms with Gasteiger partial charge in [0, 0.05) is 24.9 Å². The first-order valence-corrected chi connectivity index (χ1v) is 7.79. The van der Waals surface area contributed by atoms with Crippen LogP contribution in [0.3, 0.4) is 0 Å². The highest BCUT2D eigenvalue weighted by Crippen LogP contribution is 2.19. The predicted octanol–water partition coefficient (Wildman–Crippen LogP) is 3.01. The molecule has 2 heterocycles. The number of ether oxygens (including phenoxy) is 1. The smallest absolute Gasteiger partial charge is 0.338 e. The summed E-state index contributed by atoms with van der Waals surface area (Å²) in [5, 5.41) is 12.2. The minimum Gasteiger partial charge on any atom is -0.618 e. The second kappa shape index (κ2) is 7.00. The molecule has 0 bridgehead atoms. The van der Waals surface area contributed by atoms with Crippen molar-refractivity contribution in [2.45, 2.75) is 13.5 Å². The standard InChI is InChI=1S/C19H18N2O3/c1-2-24-19(22)16-10-12-21(23)18(13-16)17-9-6-11-20(17)14-15-7-4-3-5-8-15/h3-13H,2,14H2,1H3. The summed E-state index contributed by atoms with van der Waals surface area (Å²) in [6.07, 6.45) is 3.25. The maximum absolute atomic E-state index is 12.2. The molecular formula is C19H18N2O3. The number of benzene rings is 1. The van der Waals surface area contributed by atoms with Crippen LogP contribution in [0.15, 0.2) is 67.0 Å². The first-order chi connectivity index (χ1) is 11.7. The number of hydrogen-bond acceptors (Lipinski definition) is 3. The average Bonchev–Trinajstić information content (AvgIpc) is 3.04. The molecule has 3 rings (SSSR count). The summed E-state index contributed by atoms with van der Waals surface area (Å²) in [5.74, 6) is -0.430. The van der Waals surface area contributed by atoms with Gasteiger partial charge in [-0.05, 0) is 24.6 Å². The molecule has 0 spiro atoms. The molecule has 122 valence electrons. The molecule has 24 heavy (non-hydrogen) atoms. The monoisotopic (exact) mass is 322 g/mol. The quantitative estimate of drug-likeness (QED) is 0.412. The molecule has 0 fully saturated rings. The van der Waals surface area contributed by atoms with Crippen molar-refractivity contribution in [3.8, 4) is 11.4 Å². The third kappa shape index (κ3) is 3.30. The third-order valence-corrected chi connectivity index (χ3v) is 3.72. The molecule has 0 saturated carbocycles. The molecular weight excluding hydrogens is 304 g/mol. The number of hydrogen-bond donors (Lipinski definition) is 0. The van der Waals surface area contributed by atoms with Gasteiger partial charge >= 0.3 is 5.97 Å². The van der Waals surface area contributed by atoms with Gasteiger partial charge < -0.3 is 14.5 Å². The molecule has 3 aromatic rings. The SMILES string of the molecule is CCOC(=O)c1cc[n+]([O-])c(-c2cccn2Cc2ccccc2)c1. The van der Waals surface area contributed by atoms with E-state index in [1.807, 2.05) is 53.2 Å². The Hall–Kier alpha value is -3.08. The highest BCUT2D eigenvalue weighted by molar-refractivity contribution is 5.90. The summed E-state index contributed by atoms with van der Waals surface area (Å²) < 4.78 is 7.75. The highest BCUT2D eigenvalue weighted by atomic mass is 16.5. The number of carbonyl (C=O) groups is 1. The van der Waals surface area contributed by atoms with Gasteiger partial charge in [0.05, 0.1) is 12.2 Å². The molecule has 1 aromatic carbocycles. The number of nitrogens with zero attached hydrogens (tertiary/aromatic N) is 2. The van der Waals surface area contributed by atoms with Crippen LogP contribution in [0.25, 0.3) is 11.4 Å².